The molecule has 2 N–H and O–H groups in total. The van der Waals surface area contributed by atoms with Crippen molar-refractivity contribution in [2.24, 2.45) is 0 Å². The van der Waals surface area contributed by atoms with E-state index in [2.05, 4.69) is 15.0 Å². The van der Waals surface area contributed by atoms with E-state index in [1.54, 1.807) is 30.7 Å². The Morgan fingerprint density at radius 2 is 2.07 bits per heavy atom. The van der Waals surface area contributed by atoms with Gasteiger partial charge in [0.15, 0.2) is 5.11 Å². The van der Waals surface area contributed by atoms with Crippen molar-refractivity contribution in [3.05, 3.63) is 72.4 Å². The lowest BCUT2D eigenvalue weighted by Gasteiger charge is -2.26. The molecule has 1 aromatic carbocycles. The zero-order valence-electron chi connectivity index (χ0n) is 16.3. The number of aromatic nitrogens is 1. The highest BCUT2D eigenvalue weighted by molar-refractivity contribution is 7.92. The lowest BCUT2D eigenvalue weighted by molar-refractivity contribution is 0.415. The van der Waals surface area contributed by atoms with E-state index in [-0.39, 0.29) is 12.1 Å². The van der Waals surface area contributed by atoms with Gasteiger partial charge in [-0.3, -0.25) is 9.71 Å². The van der Waals surface area contributed by atoms with Gasteiger partial charge in [0, 0.05) is 18.0 Å². The topological polar surface area (TPSA) is 96.7 Å². The molecular formula is C20H20N4O4S2. The number of anilines is 2. The number of benzene rings is 1. The van der Waals surface area contributed by atoms with Gasteiger partial charge in [-0.05, 0) is 48.6 Å². The summed E-state index contributed by atoms with van der Waals surface area (Å²) in [6, 6.07) is 14.1. The molecule has 2 unspecified atom stereocenters. The van der Waals surface area contributed by atoms with Gasteiger partial charge in [0.25, 0.3) is 0 Å². The maximum atomic E-state index is 11.6. The number of ether oxygens (including phenoxy) is 1. The molecule has 2 atom stereocenters. The number of hydrogen-bond donors (Lipinski definition) is 2. The van der Waals surface area contributed by atoms with Crippen molar-refractivity contribution < 1.29 is 17.6 Å². The van der Waals surface area contributed by atoms with Crippen molar-refractivity contribution in [2.45, 2.75) is 12.1 Å². The summed E-state index contributed by atoms with van der Waals surface area (Å²) in [6.45, 7) is 0. The molecule has 1 fully saturated rings. The Morgan fingerprint density at radius 3 is 2.70 bits per heavy atom. The van der Waals surface area contributed by atoms with Gasteiger partial charge in [-0.1, -0.05) is 6.07 Å². The van der Waals surface area contributed by atoms with E-state index in [1.807, 2.05) is 35.2 Å². The monoisotopic (exact) mass is 444 g/mol. The molecule has 0 radical (unpaired) electrons. The fourth-order valence-corrected chi connectivity index (χ4v) is 4.41. The molecule has 3 heterocycles. The summed E-state index contributed by atoms with van der Waals surface area (Å²) in [5.41, 5.74) is 1.90. The average molecular weight is 445 g/mol. The minimum atomic E-state index is -3.45. The van der Waals surface area contributed by atoms with Crippen LogP contribution in [0.15, 0.2) is 65.4 Å². The summed E-state index contributed by atoms with van der Waals surface area (Å²) in [7, 11) is -1.97. The van der Waals surface area contributed by atoms with Crippen LogP contribution in [0.4, 0.5) is 11.4 Å². The molecule has 1 aliphatic heterocycles. The van der Waals surface area contributed by atoms with Gasteiger partial charge in [0.1, 0.15) is 17.6 Å². The van der Waals surface area contributed by atoms with Crippen LogP contribution in [0.1, 0.15) is 23.5 Å². The largest absolute Gasteiger partial charge is 0.494 e. The molecule has 0 bridgehead atoms. The van der Waals surface area contributed by atoms with Crippen molar-refractivity contribution >= 4 is 38.7 Å². The molecule has 30 heavy (non-hydrogen) atoms. The maximum absolute atomic E-state index is 11.6. The van der Waals surface area contributed by atoms with Crippen molar-refractivity contribution in [1.29, 1.82) is 0 Å². The lowest BCUT2D eigenvalue weighted by Crippen LogP contribution is -2.29. The second-order valence-corrected chi connectivity index (χ2v) is 8.91. The first-order valence-electron chi connectivity index (χ1n) is 9.07. The van der Waals surface area contributed by atoms with E-state index >= 15 is 0 Å². The Morgan fingerprint density at radius 1 is 1.23 bits per heavy atom. The van der Waals surface area contributed by atoms with E-state index in [1.165, 1.54) is 7.11 Å². The third-order valence-corrected chi connectivity index (χ3v) is 5.60. The van der Waals surface area contributed by atoms with Crippen molar-refractivity contribution in [3.8, 4) is 5.75 Å². The minimum Gasteiger partial charge on any atom is -0.494 e. The van der Waals surface area contributed by atoms with Crippen molar-refractivity contribution in [3.63, 3.8) is 0 Å². The van der Waals surface area contributed by atoms with Gasteiger partial charge in [0.2, 0.25) is 10.0 Å². The van der Waals surface area contributed by atoms with Crippen molar-refractivity contribution in [1.82, 2.24) is 10.3 Å². The van der Waals surface area contributed by atoms with Crippen LogP contribution >= 0.6 is 12.2 Å². The van der Waals surface area contributed by atoms with Gasteiger partial charge >= 0.3 is 0 Å². The first-order valence-corrected chi connectivity index (χ1v) is 11.4. The molecule has 8 nitrogen and oxygen atoms in total. The van der Waals surface area contributed by atoms with E-state index in [0.29, 0.717) is 16.5 Å². The fourth-order valence-electron chi connectivity index (χ4n) is 3.50. The number of nitrogens with one attached hydrogen (secondary N) is 2. The van der Waals surface area contributed by atoms with E-state index in [9.17, 15) is 8.42 Å². The molecule has 1 aliphatic rings. The second kappa shape index (κ2) is 7.96. The molecule has 2 aromatic heterocycles. The maximum Gasteiger partial charge on any atom is 0.229 e. The van der Waals surface area contributed by atoms with Crippen LogP contribution in [-0.2, 0) is 10.0 Å². The first kappa shape index (κ1) is 20.2. The molecule has 10 heteroatoms. The molecule has 156 valence electrons. The number of furan rings is 1. The first-order chi connectivity index (χ1) is 14.4. The number of pyridine rings is 1. The van der Waals surface area contributed by atoms with Gasteiger partial charge in [0.05, 0.1) is 37.1 Å². The number of thiocarbonyl (C=S) groups is 1. The van der Waals surface area contributed by atoms with Crippen LogP contribution in [-0.4, -0.2) is 31.9 Å². The number of methoxy groups -OCH3 is 1. The Labute approximate surface area is 179 Å². The van der Waals surface area contributed by atoms with Crippen LogP contribution < -0.4 is 19.7 Å². The molecule has 4 rings (SSSR count). The SMILES string of the molecule is COc1cc(N2C(=S)NC(c3ccccn3)C2c2ccco2)ccc1NS(C)(=O)=O. The predicted octanol–water partition coefficient (Wildman–Crippen LogP) is 3.23. The summed E-state index contributed by atoms with van der Waals surface area (Å²) in [5.74, 6) is 1.09. The zero-order chi connectivity index (χ0) is 21.3. The Bertz CT molecular complexity index is 1150. The van der Waals surface area contributed by atoms with Gasteiger partial charge in [-0.2, -0.15) is 0 Å². The summed E-state index contributed by atoms with van der Waals surface area (Å²) in [5, 5.41) is 3.83. The van der Waals surface area contributed by atoms with Gasteiger partial charge < -0.3 is 19.4 Å². The fraction of sp³-hybridized carbons (Fsp3) is 0.200. The highest BCUT2D eigenvalue weighted by Gasteiger charge is 2.42. The van der Waals surface area contributed by atoms with Crippen LogP contribution in [0.3, 0.4) is 0 Å². The Balaban J connectivity index is 1.78. The van der Waals surface area contributed by atoms with E-state index in [4.69, 9.17) is 21.4 Å². The molecule has 1 saturated heterocycles. The van der Waals surface area contributed by atoms with Crippen molar-refractivity contribution in [2.75, 3.05) is 23.0 Å². The van der Waals surface area contributed by atoms with Gasteiger partial charge in [-0.15, -0.1) is 0 Å². The number of nitrogens with zero attached hydrogens (tertiary/aromatic N) is 2. The highest BCUT2D eigenvalue weighted by Crippen LogP contribution is 2.43. The summed E-state index contributed by atoms with van der Waals surface area (Å²) < 4.78 is 36.9. The number of rotatable bonds is 6. The Kier molecular flexibility index (Phi) is 5.35. The summed E-state index contributed by atoms with van der Waals surface area (Å²) >= 11 is 5.64. The van der Waals surface area contributed by atoms with E-state index < -0.39 is 10.0 Å². The third kappa shape index (κ3) is 3.96. The number of hydrogen-bond acceptors (Lipinski definition) is 6. The Hall–Kier alpha value is -3.11. The molecule has 0 aliphatic carbocycles. The summed E-state index contributed by atoms with van der Waals surface area (Å²) in [4.78, 5) is 6.40. The van der Waals surface area contributed by atoms with Crippen LogP contribution in [0, 0.1) is 0 Å². The zero-order valence-corrected chi connectivity index (χ0v) is 17.9. The molecule has 3 aromatic rings. The smallest absolute Gasteiger partial charge is 0.229 e. The van der Waals surface area contributed by atoms with Crippen LogP contribution in [0.2, 0.25) is 0 Å². The normalized spacial score (nSPS) is 18.9. The average Bonchev–Trinajstić information content (AvgIpc) is 3.35. The predicted molar refractivity (Wildman–Crippen MR) is 118 cm³/mol. The molecule has 0 spiro atoms. The van der Waals surface area contributed by atoms with Crippen LogP contribution in [0.5, 0.6) is 5.75 Å². The highest BCUT2D eigenvalue weighted by atomic mass is 32.2. The molecule has 0 amide bonds. The minimum absolute atomic E-state index is 0.232. The standard InChI is InChI=1S/C20H20N4O4S2/c1-27-17-12-13(8-9-14(17)23-30(2,25)26)24-19(16-7-5-11-28-16)18(22-20(24)29)15-6-3-4-10-21-15/h3-12,18-19,23H,1-2H3,(H,22,29). The van der Waals surface area contributed by atoms with E-state index in [0.717, 1.165) is 23.4 Å². The van der Waals surface area contributed by atoms with Gasteiger partial charge in [-0.25, -0.2) is 8.42 Å². The third-order valence-electron chi connectivity index (χ3n) is 4.69. The number of sulfonamides is 1. The quantitative estimate of drug-likeness (QED) is 0.560. The molecule has 0 saturated carbocycles. The lowest BCUT2D eigenvalue weighted by atomic mass is 10.0. The second-order valence-electron chi connectivity index (χ2n) is 6.77. The summed E-state index contributed by atoms with van der Waals surface area (Å²) in [6.07, 6.45) is 4.44. The molecular weight excluding hydrogens is 424 g/mol. The van der Waals surface area contributed by atoms with Crippen LogP contribution in [0.25, 0.3) is 0 Å².